The first kappa shape index (κ1) is 54.0. The summed E-state index contributed by atoms with van der Waals surface area (Å²) in [6.07, 6.45) is 5.97. The fourth-order valence-corrected chi connectivity index (χ4v) is 9.41. The van der Waals surface area contributed by atoms with Crippen LogP contribution in [0, 0.1) is 11.8 Å². The highest BCUT2D eigenvalue weighted by molar-refractivity contribution is 8.00. The van der Waals surface area contributed by atoms with E-state index in [-0.39, 0.29) is 61.4 Å². The molecule has 23 heteroatoms. The molecule has 2 heterocycles. The van der Waals surface area contributed by atoms with Crippen LogP contribution in [0.5, 0.6) is 5.75 Å². The summed E-state index contributed by atoms with van der Waals surface area (Å²) in [4.78, 5) is 114. The Labute approximate surface area is 387 Å². The van der Waals surface area contributed by atoms with Crippen molar-refractivity contribution < 1.29 is 53.5 Å². The molecule has 13 N–H and O–H groups in total. The number of hydrogen-bond donors (Lipinski definition) is 12. The van der Waals surface area contributed by atoms with Crippen molar-refractivity contribution in [2.75, 3.05) is 37.4 Å². The van der Waals surface area contributed by atoms with Crippen molar-refractivity contribution in [3.8, 4) is 5.75 Å². The van der Waals surface area contributed by atoms with E-state index in [0.29, 0.717) is 48.8 Å². The molecule has 0 bridgehead atoms. The van der Waals surface area contributed by atoms with Gasteiger partial charge in [0.2, 0.25) is 47.3 Å². The minimum absolute atomic E-state index is 0.0107. The predicted octanol–water partition coefficient (Wildman–Crippen LogP) is -0.570. The number of nitrogens with one attached hydrogen (secondary N) is 9. The van der Waals surface area contributed by atoms with E-state index in [4.69, 9.17) is 10.9 Å². The molecule has 0 aliphatic carbocycles. The second-order valence-electron chi connectivity index (χ2n) is 16.6. The van der Waals surface area contributed by atoms with E-state index in [0.717, 1.165) is 25.0 Å². The van der Waals surface area contributed by atoms with Gasteiger partial charge in [0.05, 0.1) is 25.2 Å². The molecule has 2 saturated heterocycles. The Kier molecular flexibility index (Phi) is 23.8. The number of hydroxylamine groups is 1. The van der Waals surface area contributed by atoms with Gasteiger partial charge in [0.15, 0.2) is 0 Å². The van der Waals surface area contributed by atoms with E-state index >= 15 is 0 Å². The van der Waals surface area contributed by atoms with Gasteiger partial charge < -0.3 is 53.4 Å². The zero-order valence-corrected chi connectivity index (χ0v) is 38.8. The number of hydrogen-bond acceptors (Lipinski definition) is 13. The van der Waals surface area contributed by atoms with Gasteiger partial charge in [-0.25, -0.2) is 10.3 Å². The maximum Gasteiger partial charge on any atom is 0.315 e. The number of phenolic OH excluding ortho intramolecular Hbond substituents is 1. The fraction of sp³-hybridized carbons (Fsp3) is 0.643. The zero-order valence-electron chi connectivity index (χ0n) is 37.2. The molecule has 0 spiro atoms. The lowest BCUT2D eigenvalue weighted by Crippen LogP contribution is -2.56. The number of unbranched alkanes of at least 4 members (excludes halogenated alkanes) is 2. The van der Waals surface area contributed by atoms with E-state index in [1.165, 1.54) is 29.4 Å². The summed E-state index contributed by atoms with van der Waals surface area (Å²) >= 11 is 3.26. The summed E-state index contributed by atoms with van der Waals surface area (Å²) in [6, 6.07) is 2.67. The first-order valence-electron chi connectivity index (χ1n) is 21.9. The number of fused-ring (bicyclic) bond motifs is 1. The Morgan fingerprint density at radius 2 is 1.51 bits per heavy atom. The van der Waals surface area contributed by atoms with Crippen molar-refractivity contribution in [2.45, 2.75) is 120 Å². The van der Waals surface area contributed by atoms with Crippen LogP contribution in [-0.2, 0) is 44.8 Å². The fourth-order valence-electron chi connectivity index (χ4n) is 7.39. The lowest BCUT2D eigenvalue weighted by Gasteiger charge is -2.25. The average molecular weight is 951 g/mol. The number of nitrogens with two attached hydrogens (primary N) is 1. The average Bonchev–Trinajstić information content (AvgIpc) is 3.82. The number of benzene rings is 1. The molecular weight excluding hydrogens is 885 g/mol. The van der Waals surface area contributed by atoms with Gasteiger partial charge in [-0.2, -0.15) is 23.5 Å². The zero-order chi connectivity index (χ0) is 47.9. The van der Waals surface area contributed by atoms with Crippen LogP contribution in [-0.4, -0.2) is 136 Å². The van der Waals surface area contributed by atoms with Gasteiger partial charge in [-0.15, -0.1) is 0 Å². The Balaban J connectivity index is 1.44. The summed E-state index contributed by atoms with van der Waals surface area (Å²) in [5.74, 6) is -4.65. The molecule has 362 valence electrons. The van der Waals surface area contributed by atoms with E-state index in [1.807, 2.05) is 31.9 Å². The highest BCUT2D eigenvalue weighted by atomic mass is 32.2. The van der Waals surface area contributed by atoms with Crippen molar-refractivity contribution in [1.82, 2.24) is 48.0 Å². The van der Waals surface area contributed by atoms with Crippen molar-refractivity contribution >= 4 is 76.8 Å². The van der Waals surface area contributed by atoms with Gasteiger partial charge in [0, 0.05) is 42.7 Å². The highest BCUT2D eigenvalue weighted by Gasteiger charge is 2.42. The Bertz CT molecular complexity index is 1790. The van der Waals surface area contributed by atoms with E-state index in [2.05, 4.69) is 42.5 Å². The van der Waals surface area contributed by atoms with Crippen molar-refractivity contribution in [3.05, 3.63) is 29.8 Å². The smallest absolute Gasteiger partial charge is 0.315 e. The van der Waals surface area contributed by atoms with Gasteiger partial charge in [-0.3, -0.25) is 43.6 Å². The maximum atomic E-state index is 13.7. The highest BCUT2D eigenvalue weighted by Crippen LogP contribution is 2.33. The minimum atomic E-state index is -1.26. The van der Waals surface area contributed by atoms with Crippen LogP contribution in [0.1, 0.15) is 83.6 Å². The number of primary amides is 1. The molecule has 1 unspecified atom stereocenters. The molecule has 10 amide bonds. The largest absolute Gasteiger partial charge is 0.508 e. The first-order valence-corrected chi connectivity index (χ1v) is 24.3. The SMILES string of the molecule is CSCC[C@H](NC(=O)C(CC(=O)NO)CC(C)C)C(=O)N[C@@H](Cc1ccc(O)cc1)C(=O)NCC(=O)NCC(=O)N[C@@H](CCCCNC(=O)CCCC[C@@H]1SC[C@@H]2NC(=O)N[C@@H]21)C(N)=O. The van der Waals surface area contributed by atoms with Gasteiger partial charge in [-0.05, 0) is 80.6 Å². The number of carbonyl (C=O) groups excluding carboxylic acids is 9. The van der Waals surface area contributed by atoms with E-state index in [1.54, 1.807) is 12.1 Å². The Hall–Kier alpha value is -5.29. The summed E-state index contributed by atoms with van der Waals surface area (Å²) in [6.45, 7) is 2.97. The molecule has 65 heavy (non-hydrogen) atoms. The van der Waals surface area contributed by atoms with Crippen LogP contribution in [0.25, 0.3) is 0 Å². The van der Waals surface area contributed by atoms with Crippen LogP contribution >= 0.6 is 23.5 Å². The monoisotopic (exact) mass is 950 g/mol. The molecular formula is C42H66N10O11S2. The molecule has 1 aromatic rings. The maximum absolute atomic E-state index is 13.7. The second kappa shape index (κ2) is 28.6. The number of aromatic hydroxyl groups is 1. The molecule has 0 aromatic heterocycles. The molecule has 2 aliphatic rings. The standard InChI is InChI=1S/C42H66N10O11S2/c1-24(2)18-26(20-34(55)52-63)39(59)48-29(15-17-64-3)41(61)49-30(19-25-11-13-27(53)14-12-25)40(60)46-21-35(56)45-22-36(57)47-28(38(43)58)8-6-7-16-44-33(54)10-5-4-9-32-37-31(23-65-32)50-42(62)51-37/h11-14,24,26,28-32,37,53,63H,4-10,15-23H2,1-3H3,(H2,43,58)(H,44,54)(H,45,56)(H,46,60)(H,47,57)(H,48,59)(H,49,61)(H,52,55)(H2,50,51,62)/t26?,28-,29-,30-,31-,32-,37-/m0/s1. The molecule has 0 saturated carbocycles. The van der Waals surface area contributed by atoms with E-state index < -0.39 is 78.5 Å². The van der Waals surface area contributed by atoms with Crippen molar-refractivity contribution in [1.29, 1.82) is 0 Å². The Morgan fingerprint density at radius 1 is 0.800 bits per heavy atom. The van der Waals surface area contributed by atoms with Crippen LogP contribution < -0.4 is 53.7 Å². The quantitative estimate of drug-likeness (QED) is 0.0199. The van der Waals surface area contributed by atoms with Crippen LogP contribution in [0.3, 0.4) is 0 Å². The summed E-state index contributed by atoms with van der Waals surface area (Å²) in [7, 11) is 0. The van der Waals surface area contributed by atoms with Gasteiger partial charge in [0.25, 0.3) is 0 Å². The number of phenols is 1. The minimum Gasteiger partial charge on any atom is -0.508 e. The lowest BCUT2D eigenvalue weighted by atomic mass is 9.92. The van der Waals surface area contributed by atoms with Gasteiger partial charge in [0.1, 0.15) is 23.9 Å². The summed E-state index contributed by atoms with van der Waals surface area (Å²) < 4.78 is 0. The topological polar surface area (TPSA) is 328 Å². The first-order chi connectivity index (χ1) is 31.0. The molecule has 3 rings (SSSR count). The normalized spacial score (nSPS) is 18.1. The number of carbonyl (C=O) groups is 9. The number of thioether (sulfide) groups is 2. The van der Waals surface area contributed by atoms with Crippen molar-refractivity contribution in [3.63, 3.8) is 0 Å². The van der Waals surface area contributed by atoms with Crippen molar-refractivity contribution in [2.24, 2.45) is 17.6 Å². The van der Waals surface area contributed by atoms with Crippen LogP contribution in [0.2, 0.25) is 0 Å². The van der Waals surface area contributed by atoms with Crippen LogP contribution in [0.15, 0.2) is 24.3 Å². The Morgan fingerprint density at radius 3 is 2.18 bits per heavy atom. The lowest BCUT2D eigenvalue weighted by molar-refractivity contribution is -0.137. The molecule has 2 aliphatic heterocycles. The molecule has 7 atom stereocenters. The summed E-state index contributed by atoms with van der Waals surface area (Å²) in [5.41, 5.74) is 7.58. The second-order valence-corrected chi connectivity index (χ2v) is 18.8. The van der Waals surface area contributed by atoms with Crippen LogP contribution in [0.4, 0.5) is 4.79 Å². The third kappa shape index (κ3) is 20.2. The molecule has 1 aromatic carbocycles. The van der Waals surface area contributed by atoms with Gasteiger partial charge >= 0.3 is 6.03 Å². The summed E-state index contributed by atoms with van der Waals surface area (Å²) in [5, 5.41) is 40.5. The number of amides is 10. The number of rotatable bonds is 30. The predicted molar refractivity (Wildman–Crippen MR) is 244 cm³/mol. The van der Waals surface area contributed by atoms with E-state index in [9.17, 15) is 48.3 Å². The van der Waals surface area contributed by atoms with Gasteiger partial charge in [-0.1, -0.05) is 32.4 Å². The molecule has 0 radical (unpaired) electrons. The molecule has 2 fully saturated rings. The third-order valence-electron chi connectivity index (χ3n) is 10.8. The third-order valence-corrected chi connectivity index (χ3v) is 13.0. The number of urea groups is 1. The molecule has 21 nitrogen and oxygen atoms in total.